The van der Waals surface area contributed by atoms with Crippen molar-refractivity contribution in [1.29, 1.82) is 0 Å². The second-order valence-electron chi connectivity index (χ2n) is 4.38. The highest BCUT2D eigenvalue weighted by Crippen LogP contribution is 2.20. The summed E-state index contributed by atoms with van der Waals surface area (Å²) in [6.07, 6.45) is -0.500. The number of carbonyl (C=O) groups excluding carboxylic acids is 2. The topological polar surface area (TPSA) is 78.9 Å². The Kier molecular flexibility index (Phi) is 4.01. The quantitative estimate of drug-likeness (QED) is 0.775. The summed E-state index contributed by atoms with van der Waals surface area (Å²) in [5, 5.41) is 12.3. The second kappa shape index (κ2) is 5.71. The molecule has 0 aliphatic carbocycles. The lowest BCUT2D eigenvalue weighted by molar-refractivity contribution is -0.144. The van der Waals surface area contributed by atoms with Crippen molar-refractivity contribution in [3.05, 3.63) is 30.3 Å². The molecule has 1 aromatic rings. The third-order valence-electron chi connectivity index (χ3n) is 3.04. The van der Waals surface area contributed by atoms with Gasteiger partial charge < -0.3 is 20.1 Å². The van der Waals surface area contributed by atoms with Gasteiger partial charge in [-0.1, -0.05) is 18.2 Å². The number of para-hydroxylation sites is 1. The number of ether oxygens (including phenoxy) is 1. The number of anilines is 1. The number of carbonyl (C=O) groups is 2. The summed E-state index contributed by atoms with van der Waals surface area (Å²) in [6.45, 7) is 0.123. The number of rotatable bonds is 2. The van der Waals surface area contributed by atoms with E-state index in [2.05, 4.69) is 10.1 Å². The number of methoxy groups -OCH3 is 1. The first-order valence-electron chi connectivity index (χ1n) is 6.00. The lowest BCUT2D eigenvalue weighted by Crippen LogP contribution is -2.43. The fraction of sp³-hybridized carbons (Fsp3) is 0.385. The Morgan fingerprint density at radius 3 is 2.68 bits per heavy atom. The predicted molar refractivity (Wildman–Crippen MR) is 68.6 cm³/mol. The number of hydrogen-bond donors (Lipinski definition) is 2. The van der Waals surface area contributed by atoms with Gasteiger partial charge in [0.25, 0.3) is 0 Å². The minimum absolute atomic E-state index is 0.123. The van der Waals surface area contributed by atoms with Gasteiger partial charge in [-0.25, -0.2) is 9.59 Å². The minimum Gasteiger partial charge on any atom is -0.467 e. The summed E-state index contributed by atoms with van der Waals surface area (Å²) < 4.78 is 4.64. The van der Waals surface area contributed by atoms with Gasteiger partial charge in [-0.2, -0.15) is 0 Å². The van der Waals surface area contributed by atoms with Gasteiger partial charge in [-0.05, 0) is 12.1 Å². The molecule has 0 bridgehead atoms. The van der Waals surface area contributed by atoms with Crippen molar-refractivity contribution in [3.8, 4) is 0 Å². The van der Waals surface area contributed by atoms with E-state index in [0.29, 0.717) is 5.69 Å². The number of aliphatic hydroxyl groups is 1. The van der Waals surface area contributed by atoms with Crippen LogP contribution in [0.1, 0.15) is 6.42 Å². The van der Waals surface area contributed by atoms with E-state index >= 15 is 0 Å². The highest BCUT2D eigenvalue weighted by atomic mass is 16.5. The van der Waals surface area contributed by atoms with Crippen molar-refractivity contribution < 1.29 is 19.4 Å². The highest BCUT2D eigenvalue weighted by molar-refractivity contribution is 5.93. The molecule has 0 unspecified atom stereocenters. The maximum atomic E-state index is 12.1. The average molecular weight is 264 g/mol. The molecular formula is C13H16N2O4. The molecule has 1 aliphatic heterocycles. The van der Waals surface area contributed by atoms with E-state index in [4.69, 9.17) is 0 Å². The smallest absolute Gasteiger partial charge is 0.328 e. The van der Waals surface area contributed by atoms with Crippen LogP contribution in [0.2, 0.25) is 0 Å². The van der Waals surface area contributed by atoms with Crippen LogP contribution in [0.25, 0.3) is 0 Å². The monoisotopic (exact) mass is 264 g/mol. The van der Waals surface area contributed by atoms with E-state index in [9.17, 15) is 14.7 Å². The molecule has 1 saturated heterocycles. The Morgan fingerprint density at radius 1 is 1.37 bits per heavy atom. The number of hydrogen-bond acceptors (Lipinski definition) is 4. The number of urea groups is 1. The molecule has 2 atom stereocenters. The summed E-state index contributed by atoms with van der Waals surface area (Å²) in [5.74, 6) is -0.514. The van der Waals surface area contributed by atoms with Crippen molar-refractivity contribution in [3.63, 3.8) is 0 Å². The maximum absolute atomic E-state index is 12.1. The summed E-state index contributed by atoms with van der Waals surface area (Å²) in [4.78, 5) is 25.0. The molecule has 1 heterocycles. The molecule has 0 radical (unpaired) electrons. The first kappa shape index (κ1) is 13.4. The zero-order valence-electron chi connectivity index (χ0n) is 10.6. The van der Waals surface area contributed by atoms with Gasteiger partial charge in [0.2, 0.25) is 0 Å². The molecule has 1 aromatic carbocycles. The molecule has 102 valence electrons. The van der Waals surface area contributed by atoms with Crippen LogP contribution >= 0.6 is 0 Å². The van der Waals surface area contributed by atoms with Crippen LogP contribution in [0, 0.1) is 0 Å². The van der Waals surface area contributed by atoms with Crippen molar-refractivity contribution >= 4 is 17.7 Å². The fourth-order valence-corrected chi connectivity index (χ4v) is 2.11. The van der Waals surface area contributed by atoms with E-state index in [1.54, 1.807) is 24.3 Å². The third-order valence-corrected chi connectivity index (χ3v) is 3.04. The molecule has 1 aliphatic rings. The third kappa shape index (κ3) is 3.03. The number of aliphatic hydroxyl groups excluding tert-OH is 1. The highest BCUT2D eigenvalue weighted by Gasteiger charge is 2.39. The van der Waals surface area contributed by atoms with Crippen LogP contribution in [0.5, 0.6) is 0 Å². The lowest BCUT2D eigenvalue weighted by Gasteiger charge is -2.22. The van der Waals surface area contributed by atoms with Crippen molar-refractivity contribution in [2.24, 2.45) is 0 Å². The summed E-state index contributed by atoms with van der Waals surface area (Å²) in [7, 11) is 1.26. The van der Waals surface area contributed by atoms with Crippen LogP contribution in [0.3, 0.4) is 0 Å². The second-order valence-corrected chi connectivity index (χ2v) is 4.38. The molecule has 6 heteroatoms. The van der Waals surface area contributed by atoms with Gasteiger partial charge in [-0.3, -0.25) is 0 Å². The van der Waals surface area contributed by atoms with Crippen molar-refractivity contribution in [2.75, 3.05) is 19.0 Å². The molecule has 0 aromatic heterocycles. The SMILES string of the molecule is COC(=O)[C@H]1C[C@@H](O)CN1C(=O)Nc1ccccc1. The molecule has 0 saturated carbocycles. The molecule has 2 N–H and O–H groups in total. The summed E-state index contributed by atoms with van der Waals surface area (Å²) in [5.41, 5.74) is 0.637. The molecular weight excluding hydrogens is 248 g/mol. The first-order valence-corrected chi connectivity index (χ1v) is 6.00. The maximum Gasteiger partial charge on any atom is 0.328 e. The van der Waals surface area contributed by atoms with Crippen LogP contribution < -0.4 is 5.32 Å². The normalized spacial score (nSPS) is 22.1. The van der Waals surface area contributed by atoms with Crippen molar-refractivity contribution in [2.45, 2.75) is 18.6 Å². The van der Waals surface area contributed by atoms with E-state index in [1.807, 2.05) is 6.07 Å². The Bertz CT molecular complexity index is 463. The zero-order valence-corrected chi connectivity index (χ0v) is 10.6. The molecule has 1 fully saturated rings. The number of β-amino-alcohol motifs (C(OH)–C–C–N with tert-alkyl or cyclic N) is 1. The zero-order chi connectivity index (χ0) is 13.8. The largest absolute Gasteiger partial charge is 0.467 e. The summed E-state index contributed by atoms with van der Waals surface area (Å²) in [6, 6.07) is 7.78. The Morgan fingerprint density at radius 2 is 2.05 bits per heavy atom. The number of nitrogens with one attached hydrogen (secondary N) is 1. The van der Waals surface area contributed by atoms with Gasteiger partial charge in [0.05, 0.1) is 13.2 Å². The van der Waals surface area contributed by atoms with E-state index < -0.39 is 24.1 Å². The number of likely N-dealkylation sites (tertiary alicyclic amines) is 1. The molecule has 2 rings (SSSR count). The standard InChI is InChI=1S/C13H16N2O4/c1-19-12(17)11-7-10(16)8-15(11)13(18)14-9-5-3-2-4-6-9/h2-6,10-11,16H,7-8H2,1H3,(H,14,18)/t10-,11-/m1/s1. The van der Waals surface area contributed by atoms with Crippen LogP contribution in [0.4, 0.5) is 10.5 Å². The van der Waals surface area contributed by atoms with Gasteiger partial charge in [-0.15, -0.1) is 0 Å². The number of benzene rings is 1. The van der Waals surface area contributed by atoms with Gasteiger partial charge in [0.15, 0.2) is 0 Å². The molecule has 6 nitrogen and oxygen atoms in total. The minimum atomic E-state index is -0.733. The number of nitrogens with zero attached hydrogens (tertiary/aromatic N) is 1. The predicted octanol–water partition coefficient (Wildman–Crippen LogP) is 0.827. The van der Waals surface area contributed by atoms with Crippen LogP contribution in [-0.4, -0.2) is 47.8 Å². The van der Waals surface area contributed by atoms with Crippen molar-refractivity contribution in [1.82, 2.24) is 4.90 Å². The lowest BCUT2D eigenvalue weighted by atomic mass is 10.2. The number of amides is 2. The Hall–Kier alpha value is -2.08. The van der Waals surface area contributed by atoms with E-state index in [1.165, 1.54) is 12.0 Å². The number of esters is 1. The van der Waals surface area contributed by atoms with Crippen LogP contribution in [-0.2, 0) is 9.53 Å². The van der Waals surface area contributed by atoms with E-state index in [-0.39, 0.29) is 13.0 Å². The van der Waals surface area contributed by atoms with E-state index in [0.717, 1.165) is 0 Å². The summed E-state index contributed by atoms with van der Waals surface area (Å²) >= 11 is 0. The Labute approximate surface area is 111 Å². The van der Waals surface area contributed by atoms with Gasteiger partial charge in [0, 0.05) is 18.7 Å². The fourth-order valence-electron chi connectivity index (χ4n) is 2.11. The molecule has 2 amide bonds. The average Bonchev–Trinajstić information content (AvgIpc) is 2.81. The first-order chi connectivity index (χ1) is 9.11. The van der Waals surface area contributed by atoms with Gasteiger partial charge >= 0.3 is 12.0 Å². The van der Waals surface area contributed by atoms with Gasteiger partial charge in [0.1, 0.15) is 6.04 Å². The van der Waals surface area contributed by atoms with Crippen LogP contribution in [0.15, 0.2) is 30.3 Å². The Balaban J connectivity index is 2.07. The molecule has 19 heavy (non-hydrogen) atoms. The molecule has 0 spiro atoms.